The van der Waals surface area contributed by atoms with Crippen molar-refractivity contribution < 1.29 is 13.5 Å². The molecule has 2 heterocycles. The van der Waals surface area contributed by atoms with Crippen LogP contribution in [0.2, 0.25) is 5.02 Å². The van der Waals surface area contributed by atoms with Crippen molar-refractivity contribution in [1.82, 2.24) is 4.98 Å². The van der Waals surface area contributed by atoms with Gasteiger partial charge in [0.25, 0.3) is 0 Å². The predicted molar refractivity (Wildman–Crippen MR) is 60.0 cm³/mol. The molecular formula is C12H8ClF2NO. The first kappa shape index (κ1) is 10.9. The van der Waals surface area contributed by atoms with E-state index in [0.29, 0.717) is 30.0 Å². The Morgan fingerprint density at radius 1 is 1.29 bits per heavy atom. The van der Waals surface area contributed by atoms with E-state index in [0.717, 1.165) is 17.3 Å². The molecule has 1 aliphatic heterocycles. The first-order valence-electron chi connectivity index (χ1n) is 5.20. The Balaban J connectivity index is 2.40. The van der Waals surface area contributed by atoms with E-state index in [9.17, 15) is 8.78 Å². The van der Waals surface area contributed by atoms with Gasteiger partial charge >= 0.3 is 0 Å². The van der Waals surface area contributed by atoms with Crippen molar-refractivity contribution in [1.29, 1.82) is 0 Å². The maximum absolute atomic E-state index is 13.6. The monoisotopic (exact) mass is 255 g/mol. The van der Waals surface area contributed by atoms with Gasteiger partial charge in [0.05, 0.1) is 23.9 Å². The Bertz CT molecular complexity index is 615. The third-order valence-corrected chi connectivity index (χ3v) is 3.29. The molecule has 0 saturated heterocycles. The molecule has 0 N–H and O–H groups in total. The van der Waals surface area contributed by atoms with Crippen LogP contribution >= 0.6 is 11.6 Å². The Morgan fingerprint density at radius 2 is 2.12 bits per heavy atom. The molecule has 2 nitrogen and oxygen atoms in total. The molecule has 0 unspecified atom stereocenters. The zero-order valence-corrected chi connectivity index (χ0v) is 9.52. The molecule has 0 bridgehead atoms. The Hall–Kier alpha value is -1.26. The van der Waals surface area contributed by atoms with Crippen molar-refractivity contribution in [3.63, 3.8) is 0 Å². The summed E-state index contributed by atoms with van der Waals surface area (Å²) in [5.41, 5.74) is 1.59. The van der Waals surface area contributed by atoms with E-state index in [4.69, 9.17) is 16.3 Å². The van der Waals surface area contributed by atoms with Crippen LogP contribution in [-0.4, -0.2) is 11.6 Å². The topological polar surface area (TPSA) is 22.1 Å². The second-order valence-electron chi connectivity index (χ2n) is 3.94. The maximum Gasteiger partial charge on any atom is 0.152 e. The average molecular weight is 256 g/mol. The fraction of sp³-hybridized carbons (Fsp3) is 0.250. The van der Waals surface area contributed by atoms with Gasteiger partial charge in [-0.3, -0.25) is 0 Å². The average Bonchev–Trinajstić information content (AvgIpc) is 2.31. The number of halogens is 3. The number of rotatable bonds is 0. The highest BCUT2D eigenvalue weighted by atomic mass is 35.5. The molecule has 1 aliphatic rings. The number of ether oxygens (including phenoxy) is 1. The summed E-state index contributed by atoms with van der Waals surface area (Å²) in [5, 5.41) is 0.636. The lowest BCUT2D eigenvalue weighted by Crippen LogP contribution is -2.13. The second-order valence-corrected chi connectivity index (χ2v) is 4.32. The van der Waals surface area contributed by atoms with Gasteiger partial charge in [-0.1, -0.05) is 11.6 Å². The first-order valence-corrected chi connectivity index (χ1v) is 5.58. The van der Waals surface area contributed by atoms with Crippen molar-refractivity contribution in [3.8, 4) is 0 Å². The zero-order chi connectivity index (χ0) is 12.0. The molecule has 1 aromatic carbocycles. The smallest absolute Gasteiger partial charge is 0.152 e. The van der Waals surface area contributed by atoms with E-state index < -0.39 is 11.6 Å². The van der Waals surface area contributed by atoms with Gasteiger partial charge in [-0.2, -0.15) is 0 Å². The van der Waals surface area contributed by atoms with Gasteiger partial charge in [0.2, 0.25) is 0 Å². The van der Waals surface area contributed by atoms with Crippen molar-refractivity contribution in [2.24, 2.45) is 0 Å². The summed E-state index contributed by atoms with van der Waals surface area (Å²) < 4.78 is 32.0. The highest BCUT2D eigenvalue weighted by molar-refractivity contribution is 6.36. The van der Waals surface area contributed by atoms with Gasteiger partial charge in [0.1, 0.15) is 11.3 Å². The molecule has 17 heavy (non-hydrogen) atoms. The molecule has 0 spiro atoms. The Kier molecular flexibility index (Phi) is 2.49. The Labute approximate surface area is 101 Å². The number of hydrogen-bond acceptors (Lipinski definition) is 2. The van der Waals surface area contributed by atoms with E-state index in [1.54, 1.807) is 0 Å². The van der Waals surface area contributed by atoms with E-state index >= 15 is 0 Å². The van der Waals surface area contributed by atoms with Crippen LogP contribution in [0.3, 0.4) is 0 Å². The molecule has 3 rings (SSSR count). The summed E-state index contributed by atoms with van der Waals surface area (Å²) in [5.74, 6) is -1.34. The Morgan fingerprint density at radius 3 is 2.94 bits per heavy atom. The zero-order valence-electron chi connectivity index (χ0n) is 8.77. The number of aromatic nitrogens is 1. The van der Waals surface area contributed by atoms with Crippen molar-refractivity contribution >= 4 is 22.5 Å². The molecule has 0 saturated carbocycles. The van der Waals surface area contributed by atoms with Gasteiger partial charge in [0.15, 0.2) is 5.82 Å². The molecule has 88 valence electrons. The van der Waals surface area contributed by atoms with Gasteiger partial charge in [-0.15, -0.1) is 0 Å². The number of hydrogen-bond donors (Lipinski definition) is 0. The standard InChI is InChI=1S/C12H8ClF2NO/c13-11-7-3-6(14)4-9(15)12(7)16-10-1-2-17-5-8(10)11/h3-4H,1-2,5H2. The van der Waals surface area contributed by atoms with Crippen LogP contribution in [0, 0.1) is 11.6 Å². The minimum atomic E-state index is -0.684. The van der Waals surface area contributed by atoms with E-state index in [-0.39, 0.29) is 5.52 Å². The lowest BCUT2D eigenvalue weighted by Gasteiger charge is -2.18. The van der Waals surface area contributed by atoms with Crippen molar-refractivity contribution in [2.45, 2.75) is 13.0 Å². The lowest BCUT2D eigenvalue weighted by molar-refractivity contribution is 0.109. The lowest BCUT2D eigenvalue weighted by atomic mass is 10.1. The van der Waals surface area contributed by atoms with Crippen LogP contribution in [0.1, 0.15) is 11.3 Å². The van der Waals surface area contributed by atoms with E-state index in [2.05, 4.69) is 4.98 Å². The fourth-order valence-corrected chi connectivity index (χ4v) is 2.34. The summed E-state index contributed by atoms with van der Waals surface area (Å²) in [6.45, 7) is 0.889. The van der Waals surface area contributed by atoms with E-state index in [1.165, 1.54) is 6.07 Å². The quantitative estimate of drug-likeness (QED) is 0.721. The van der Waals surface area contributed by atoms with Crippen LogP contribution in [0.15, 0.2) is 12.1 Å². The predicted octanol–water partition coefficient (Wildman–Crippen LogP) is 3.24. The SMILES string of the molecule is Fc1cc(F)c2nc3c(c(Cl)c2c1)COCC3. The highest BCUT2D eigenvalue weighted by Crippen LogP contribution is 2.32. The summed E-state index contributed by atoms with van der Waals surface area (Å²) in [7, 11) is 0. The second kappa shape index (κ2) is 3.89. The normalized spacial score (nSPS) is 15.0. The minimum absolute atomic E-state index is 0.122. The molecule has 0 fully saturated rings. The summed E-state index contributed by atoms with van der Waals surface area (Å²) in [6.07, 6.45) is 0.599. The number of pyridine rings is 1. The van der Waals surface area contributed by atoms with Crippen molar-refractivity contribution in [2.75, 3.05) is 6.61 Å². The number of benzene rings is 1. The van der Waals surface area contributed by atoms with Crippen LogP contribution in [0.25, 0.3) is 10.9 Å². The summed E-state index contributed by atoms with van der Waals surface area (Å²) >= 11 is 6.15. The van der Waals surface area contributed by atoms with Gasteiger partial charge in [-0.05, 0) is 6.07 Å². The molecular weight excluding hydrogens is 248 g/mol. The van der Waals surface area contributed by atoms with Gasteiger partial charge in [0, 0.05) is 23.4 Å². The molecule has 1 aromatic heterocycles. The third kappa shape index (κ3) is 1.68. The minimum Gasteiger partial charge on any atom is -0.376 e. The summed E-state index contributed by atoms with van der Waals surface area (Å²) in [6, 6.07) is 2.01. The third-order valence-electron chi connectivity index (χ3n) is 2.85. The molecule has 2 aromatic rings. The highest BCUT2D eigenvalue weighted by Gasteiger charge is 2.19. The van der Waals surface area contributed by atoms with Crippen LogP contribution in [-0.2, 0) is 17.8 Å². The fourth-order valence-electron chi connectivity index (χ4n) is 2.04. The number of fused-ring (bicyclic) bond motifs is 2. The first-order chi connectivity index (χ1) is 8.16. The van der Waals surface area contributed by atoms with Crippen LogP contribution in [0.5, 0.6) is 0 Å². The molecule has 0 aliphatic carbocycles. The van der Waals surface area contributed by atoms with E-state index in [1.807, 2.05) is 0 Å². The van der Waals surface area contributed by atoms with Crippen LogP contribution < -0.4 is 0 Å². The van der Waals surface area contributed by atoms with Gasteiger partial charge < -0.3 is 4.74 Å². The number of nitrogens with zero attached hydrogens (tertiary/aromatic N) is 1. The molecule has 0 amide bonds. The largest absolute Gasteiger partial charge is 0.376 e. The maximum atomic E-state index is 13.6. The summed E-state index contributed by atoms with van der Waals surface area (Å²) in [4.78, 5) is 4.21. The molecule has 0 radical (unpaired) electrons. The van der Waals surface area contributed by atoms with Gasteiger partial charge in [-0.25, -0.2) is 13.8 Å². The molecule has 0 atom stereocenters. The van der Waals surface area contributed by atoms with Crippen molar-refractivity contribution in [3.05, 3.63) is 40.0 Å². The van der Waals surface area contributed by atoms with Crippen LogP contribution in [0.4, 0.5) is 8.78 Å². The molecule has 5 heteroatoms.